The largest absolute Gasteiger partial charge is 0.389 e. The molecule has 2 heteroatoms. The Morgan fingerprint density at radius 1 is 1.10 bits per heavy atom. The lowest BCUT2D eigenvalue weighted by Gasteiger charge is -2.27. The minimum Gasteiger partial charge on any atom is -0.389 e. The topological polar surface area (TPSA) is 23.5 Å². The van der Waals surface area contributed by atoms with Gasteiger partial charge in [0.1, 0.15) is 0 Å². The Bertz CT molecular complexity index is 446. The molecule has 1 aromatic carbocycles. The van der Waals surface area contributed by atoms with Crippen molar-refractivity contribution >= 4 is 0 Å². The lowest BCUT2D eigenvalue weighted by Crippen LogP contribution is -2.33. The van der Waals surface area contributed by atoms with Gasteiger partial charge in [-0.25, -0.2) is 0 Å². The van der Waals surface area contributed by atoms with E-state index in [2.05, 4.69) is 56.9 Å². The molecule has 1 unspecified atom stereocenters. The van der Waals surface area contributed by atoms with Crippen molar-refractivity contribution in [3.8, 4) is 0 Å². The molecule has 21 heavy (non-hydrogen) atoms. The Hall–Kier alpha value is -0.860. The van der Waals surface area contributed by atoms with Crippen molar-refractivity contribution in [2.45, 2.75) is 64.4 Å². The van der Waals surface area contributed by atoms with Crippen LogP contribution in [0.2, 0.25) is 0 Å². The molecule has 0 amide bonds. The van der Waals surface area contributed by atoms with Crippen LogP contribution in [-0.2, 0) is 11.8 Å². The van der Waals surface area contributed by atoms with Gasteiger partial charge in [0.25, 0.3) is 0 Å². The molecule has 1 aliphatic rings. The molecule has 0 bridgehead atoms. The van der Waals surface area contributed by atoms with Crippen LogP contribution in [0.4, 0.5) is 0 Å². The highest BCUT2D eigenvalue weighted by Gasteiger charge is 2.30. The van der Waals surface area contributed by atoms with Gasteiger partial charge in [-0.2, -0.15) is 0 Å². The second kappa shape index (κ2) is 6.50. The van der Waals surface area contributed by atoms with Crippen LogP contribution in [0.5, 0.6) is 0 Å². The highest BCUT2D eigenvalue weighted by molar-refractivity contribution is 5.28. The normalized spacial score (nSPS) is 24.8. The number of benzene rings is 1. The first-order chi connectivity index (χ1) is 9.82. The van der Waals surface area contributed by atoms with E-state index >= 15 is 0 Å². The lowest BCUT2D eigenvalue weighted by atomic mass is 9.84. The number of rotatable bonds is 3. The number of likely N-dealkylation sites (tertiary alicyclic amines) is 1. The van der Waals surface area contributed by atoms with Crippen LogP contribution in [0, 0.1) is 0 Å². The van der Waals surface area contributed by atoms with Gasteiger partial charge in [0.2, 0.25) is 0 Å². The van der Waals surface area contributed by atoms with E-state index in [0.29, 0.717) is 0 Å². The third-order valence-corrected chi connectivity index (χ3v) is 4.81. The summed E-state index contributed by atoms with van der Waals surface area (Å²) in [5.41, 5.74) is 2.29. The molecule has 1 fully saturated rings. The van der Waals surface area contributed by atoms with Crippen molar-refractivity contribution in [1.29, 1.82) is 0 Å². The van der Waals surface area contributed by atoms with Gasteiger partial charge in [0.05, 0.1) is 5.60 Å². The molecule has 1 atom stereocenters. The van der Waals surface area contributed by atoms with Crippen molar-refractivity contribution in [3.63, 3.8) is 0 Å². The van der Waals surface area contributed by atoms with Crippen molar-refractivity contribution in [3.05, 3.63) is 35.4 Å². The summed E-state index contributed by atoms with van der Waals surface area (Å²) in [4.78, 5) is 2.45. The molecule has 0 saturated carbocycles. The molecule has 1 heterocycles. The Labute approximate surface area is 130 Å². The summed E-state index contributed by atoms with van der Waals surface area (Å²) < 4.78 is 0. The summed E-state index contributed by atoms with van der Waals surface area (Å²) in [5, 5.41) is 10.9. The van der Waals surface area contributed by atoms with Crippen LogP contribution >= 0.6 is 0 Å². The van der Waals surface area contributed by atoms with E-state index in [1.54, 1.807) is 0 Å². The third kappa shape index (κ3) is 4.55. The standard InChI is InChI=1S/C19H31NO/c1-5-20-13-6-11-19(21,12-14-20)15-16-7-9-17(10-8-16)18(2,3)4/h7-10,21H,5-6,11-15H2,1-4H3. The third-order valence-electron chi connectivity index (χ3n) is 4.81. The summed E-state index contributed by atoms with van der Waals surface area (Å²) in [6.07, 6.45) is 3.70. The van der Waals surface area contributed by atoms with Gasteiger partial charge in [-0.05, 0) is 48.9 Å². The van der Waals surface area contributed by atoms with E-state index in [9.17, 15) is 5.11 Å². The molecule has 1 N–H and O–H groups in total. The Morgan fingerprint density at radius 3 is 2.33 bits per heavy atom. The Morgan fingerprint density at radius 2 is 1.76 bits per heavy atom. The van der Waals surface area contributed by atoms with Crippen molar-refractivity contribution in [2.24, 2.45) is 0 Å². The quantitative estimate of drug-likeness (QED) is 0.916. The molecular weight excluding hydrogens is 258 g/mol. The van der Waals surface area contributed by atoms with E-state index in [0.717, 1.165) is 45.3 Å². The smallest absolute Gasteiger partial charge is 0.0700 e. The number of nitrogens with zero attached hydrogens (tertiary/aromatic N) is 1. The molecule has 0 spiro atoms. The van der Waals surface area contributed by atoms with Crippen molar-refractivity contribution in [2.75, 3.05) is 19.6 Å². The Balaban J connectivity index is 2.03. The molecule has 0 aromatic heterocycles. The maximum Gasteiger partial charge on any atom is 0.0700 e. The monoisotopic (exact) mass is 289 g/mol. The zero-order valence-electron chi connectivity index (χ0n) is 14.2. The van der Waals surface area contributed by atoms with E-state index in [1.165, 1.54) is 11.1 Å². The molecule has 0 radical (unpaired) electrons. The first kappa shape index (κ1) is 16.5. The van der Waals surface area contributed by atoms with E-state index < -0.39 is 5.60 Å². The first-order valence-electron chi connectivity index (χ1n) is 8.36. The Kier molecular flexibility index (Phi) is 5.11. The van der Waals surface area contributed by atoms with Gasteiger partial charge in [-0.1, -0.05) is 52.0 Å². The van der Waals surface area contributed by atoms with Crippen LogP contribution in [0.3, 0.4) is 0 Å². The summed E-state index contributed by atoms with van der Waals surface area (Å²) in [5.74, 6) is 0. The van der Waals surface area contributed by atoms with Gasteiger partial charge in [-0.15, -0.1) is 0 Å². The zero-order chi connectivity index (χ0) is 15.5. The summed E-state index contributed by atoms with van der Waals surface area (Å²) >= 11 is 0. The molecule has 2 rings (SSSR count). The predicted octanol–water partition coefficient (Wildman–Crippen LogP) is 3.76. The average molecular weight is 289 g/mol. The molecule has 118 valence electrons. The summed E-state index contributed by atoms with van der Waals surface area (Å²) in [6.45, 7) is 12.2. The maximum atomic E-state index is 10.9. The molecular formula is C19H31NO. The van der Waals surface area contributed by atoms with Crippen LogP contribution in [-0.4, -0.2) is 35.2 Å². The molecule has 1 aliphatic heterocycles. The summed E-state index contributed by atoms with van der Waals surface area (Å²) in [6, 6.07) is 8.82. The van der Waals surface area contributed by atoms with Gasteiger partial charge in [0, 0.05) is 13.0 Å². The number of hydrogen-bond donors (Lipinski definition) is 1. The fourth-order valence-corrected chi connectivity index (χ4v) is 3.23. The lowest BCUT2D eigenvalue weighted by molar-refractivity contribution is 0.0258. The first-order valence-corrected chi connectivity index (χ1v) is 8.36. The van der Waals surface area contributed by atoms with Crippen LogP contribution in [0.15, 0.2) is 24.3 Å². The van der Waals surface area contributed by atoms with Crippen LogP contribution in [0.1, 0.15) is 58.1 Å². The number of aliphatic hydroxyl groups is 1. The van der Waals surface area contributed by atoms with Gasteiger partial charge in [-0.3, -0.25) is 0 Å². The van der Waals surface area contributed by atoms with E-state index in [4.69, 9.17) is 0 Å². The minimum atomic E-state index is -0.521. The highest BCUT2D eigenvalue weighted by atomic mass is 16.3. The molecule has 0 aliphatic carbocycles. The fourth-order valence-electron chi connectivity index (χ4n) is 3.23. The molecule has 2 nitrogen and oxygen atoms in total. The second-order valence-corrected chi connectivity index (χ2v) is 7.64. The van der Waals surface area contributed by atoms with Crippen LogP contribution in [0.25, 0.3) is 0 Å². The van der Waals surface area contributed by atoms with Crippen molar-refractivity contribution < 1.29 is 5.11 Å². The van der Waals surface area contributed by atoms with Crippen molar-refractivity contribution in [1.82, 2.24) is 4.90 Å². The highest BCUT2D eigenvalue weighted by Crippen LogP contribution is 2.28. The van der Waals surface area contributed by atoms with E-state index in [1.807, 2.05) is 0 Å². The van der Waals surface area contributed by atoms with Crippen LogP contribution < -0.4 is 0 Å². The molecule has 1 saturated heterocycles. The SMILES string of the molecule is CCN1CCCC(O)(Cc2ccc(C(C)(C)C)cc2)CC1. The van der Waals surface area contributed by atoms with Gasteiger partial charge < -0.3 is 10.0 Å². The molecule has 1 aromatic rings. The van der Waals surface area contributed by atoms with Gasteiger partial charge in [0.15, 0.2) is 0 Å². The maximum absolute atomic E-state index is 10.9. The zero-order valence-corrected chi connectivity index (χ0v) is 14.2. The number of hydrogen-bond acceptors (Lipinski definition) is 2. The fraction of sp³-hybridized carbons (Fsp3) is 0.684. The minimum absolute atomic E-state index is 0.194. The van der Waals surface area contributed by atoms with Gasteiger partial charge >= 0.3 is 0 Å². The van der Waals surface area contributed by atoms with E-state index in [-0.39, 0.29) is 5.41 Å². The second-order valence-electron chi connectivity index (χ2n) is 7.64. The predicted molar refractivity (Wildman–Crippen MR) is 89.8 cm³/mol. The average Bonchev–Trinajstić information content (AvgIpc) is 2.60. The summed E-state index contributed by atoms with van der Waals surface area (Å²) in [7, 11) is 0.